The summed E-state index contributed by atoms with van der Waals surface area (Å²) >= 11 is 0. The van der Waals surface area contributed by atoms with E-state index in [4.69, 9.17) is 0 Å². The van der Waals surface area contributed by atoms with Gasteiger partial charge in [-0.1, -0.05) is 60.7 Å². The number of aromatic nitrogens is 4. The molecule has 4 aromatic rings. The van der Waals surface area contributed by atoms with E-state index in [0.717, 1.165) is 69.5 Å². The highest BCUT2D eigenvalue weighted by atomic mass is 15.1. The molecule has 0 unspecified atom stereocenters. The van der Waals surface area contributed by atoms with E-state index in [-0.39, 0.29) is 0 Å². The highest BCUT2D eigenvalue weighted by Crippen LogP contribution is 2.04. The quantitative estimate of drug-likeness (QED) is 0.265. The van der Waals surface area contributed by atoms with Crippen LogP contribution in [0.2, 0.25) is 0 Å². The Balaban J connectivity index is 0.000000201. The highest BCUT2D eigenvalue weighted by Gasteiger charge is 2.01. The highest BCUT2D eigenvalue weighted by molar-refractivity contribution is 5.15. The first kappa shape index (κ1) is 27.4. The first-order valence-corrected chi connectivity index (χ1v) is 13.0. The Bertz CT molecular complexity index is 1110. The fourth-order valence-electron chi connectivity index (χ4n) is 4.21. The number of benzene rings is 2. The van der Waals surface area contributed by atoms with Gasteiger partial charge in [0.1, 0.15) is 11.6 Å². The molecule has 0 saturated carbocycles. The lowest BCUT2D eigenvalue weighted by molar-refractivity contribution is 0.565. The molecule has 2 aromatic carbocycles. The topological polar surface area (TPSA) is 59.7 Å². The maximum Gasteiger partial charge on any atom is 0.105 e. The lowest BCUT2D eigenvalue weighted by atomic mass is 10.2. The molecule has 0 aliphatic rings. The van der Waals surface area contributed by atoms with Crippen molar-refractivity contribution in [3.8, 4) is 0 Å². The number of nitrogens with zero attached hydrogens (tertiary/aromatic N) is 4. The van der Waals surface area contributed by atoms with Gasteiger partial charge in [-0.15, -0.1) is 0 Å². The van der Waals surface area contributed by atoms with Gasteiger partial charge in [-0.2, -0.15) is 0 Å². The van der Waals surface area contributed by atoms with E-state index in [9.17, 15) is 0 Å². The van der Waals surface area contributed by atoms with Gasteiger partial charge >= 0.3 is 0 Å². The normalized spacial score (nSPS) is 10.8. The monoisotopic (exact) mass is 486 g/mol. The van der Waals surface area contributed by atoms with Crippen LogP contribution in [0.15, 0.2) is 73.1 Å². The van der Waals surface area contributed by atoms with Crippen molar-refractivity contribution < 1.29 is 0 Å². The van der Waals surface area contributed by atoms with Crippen molar-refractivity contribution in [1.82, 2.24) is 29.7 Å². The third-order valence-electron chi connectivity index (χ3n) is 6.18. The Kier molecular flexibility index (Phi) is 11.4. The standard InChI is InChI=1S/2C15H21N3/c1-13-12-18(14(2)17-13)10-6-9-16-11-15-7-4-3-5-8-15;1-13-11-17-14(2)18(13)10-6-9-16-12-15-7-4-3-5-8-15/h3-5,7-8,12,16H,6,9-11H2,1-2H3;3-5,7-8,11,16H,6,9-10,12H2,1-2H3. The first-order valence-electron chi connectivity index (χ1n) is 13.0. The fraction of sp³-hybridized carbons (Fsp3) is 0.400. The smallest absolute Gasteiger partial charge is 0.105 e. The number of hydrogen-bond donors (Lipinski definition) is 2. The summed E-state index contributed by atoms with van der Waals surface area (Å²) in [6, 6.07) is 21.0. The van der Waals surface area contributed by atoms with Crippen molar-refractivity contribution in [1.29, 1.82) is 0 Å². The number of hydrogen-bond acceptors (Lipinski definition) is 4. The largest absolute Gasteiger partial charge is 0.335 e. The van der Waals surface area contributed by atoms with Crippen LogP contribution in [0, 0.1) is 27.7 Å². The van der Waals surface area contributed by atoms with Crippen LogP contribution in [0.3, 0.4) is 0 Å². The Morgan fingerprint density at radius 1 is 0.694 bits per heavy atom. The Hall–Kier alpha value is -3.22. The van der Waals surface area contributed by atoms with E-state index in [1.54, 1.807) is 0 Å². The summed E-state index contributed by atoms with van der Waals surface area (Å²) in [5.41, 5.74) is 5.03. The van der Waals surface area contributed by atoms with E-state index in [1.807, 2.05) is 25.3 Å². The van der Waals surface area contributed by atoms with E-state index in [1.165, 1.54) is 16.8 Å². The maximum atomic E-state index is 4.40. The summed E-state index contributed by atoms with van der Waals surface area (Å²) in [7, 11) is 0. The summed E-state index contributed by atoms with van der Waals surface area (Å²) in [6.45, 7) is 14.3. The molecule has 0 bridgehead atoms. The van der Waals surface area contributed by atoms with Crippen molar-refractivity contribution >= 4 is 0 Å². The second kappa shape index (κ2) is 15.0. The lowest BCUT2D eigenvalue weighted by Gasteiger charge is -2.08. The average Bonchev–Trinajstić information content (AvgIpc) is 3.39. The zero-order chi connectivity index (χ0) is 25.6. The van der Waals surface area contributed by atoms with Gasteiger partial charge in [0.05, 0.1) is 5.69 Å². The van der Waals surface area contributed by atoms with Gasteiger partial charge in [0.25, 0.3) is 0 Å². The number of nitrogens with one attached hydrogen (secondary N) is 2. The van der Waals surface area contributed by atoms with Crippen molar-refractivity contribution in [3.05, 3.63) is 107 Å². The van der Waals surface area contributed by atoms with Crippen LogP contribution in [-0.4, -0.2) is 32.2 Å². The molecule has 6 heteroatoms. The lowest BCUT2D eigenvalue weighted by Crippen LogP contribution is -2.17. The van der Waals surface area contributed by atoms with Crippen LogP contribution in [0.25, 0.3) is 0 Å². The van der Waals surface area contributed by atoms with Gasteiger partial charge in [0.15, 0.2) is 0 Å². The van der Waals surface area contributed by atoms with Crippen LogP contribution in [-0.2, 0) is 26.2 Å². The zero-order valence-electron chi connectivity index (χ0n) is 22.4. The molecule has 36 heavy (non-hydrogen) atoms. The average molecular weight is 487 g/mol. The zero-order valence-corrected chi connectivity index (χ0v) is 22.4. The predicted octanol–water partition coefficient (Wildman–Crippen LogP) is 5.36. The van der Waals surface area contributed by atoms with E-state index in [2.05, 4.69) is 105 Å². The molecule has 2 N–H and O–H groups in total. The predicted molar refractivity (Wildman–Crippen MR) is 149 cm³/mol. The molecule has 0 radical (unpaired) electrons. The summed E-state index contributed by atoms with van der Waals surface area (Å²) in [5, 5.41) is 6.93. The molecule has 2 aromatic heterocycles. The van der Waals surface area contributed by atoms with Crippen LogP contribution < -0.4 is 10.6 Å². The van der Waals surface area contributed by atoms with E-state index >= 15 is 0 Å². The van der Waals surface area contributed by atoms with Crippen LogP contribution >= 0.6 is 0 Å². The van der Waals surface area contributed by atoms with E-state index in [0.29, 0.717) is 0 Å². The minimum Gasteiger partial charge on any atom is -0.335 e. The van der Waals surface area contributed by atoms with Crippen LogP contribution in [0.5, 0.6) is 0 Å². The third kappa shape index (κ3) is 9.44. The molecule has 0 atom stereocenters. The minimum absolute atomic E-state index is 0.947. The molecule has 192 valence electrons. The second-order valence-electron chi connectivity index (χ2n) is 9.25. The molecular weight excluding hydrogens is 444 g/mol. The van der Waals surface area contributed by atoms with Gasteiger partial charge in [0, 0.05) is 44.3 Å². The van der Waals surface area contributed by atoms with Crippen molar-refractivity contribution in [2.45, 2.75) is 66.7 Å². The van der Waals surface area contributed by atoms with Gasteiger partial charge in [-0.3, -0.25) is 0 Å². The Labute approximate surface area is 216 Å². The van der Waals surface area contributed by atoms with Gasteiger partial charge in [-0.05, 0) is 64.8 Å². The number of rotatable bonds is 12. The van der Waals surface area contributed by atoms with Crippen molar-refractivity contribution in [2.24, 2.45) is 0 Å². The second-order valence-corrected chi connectivity index (χ2v) is 9.25. The molecule has 0 amide bonds. The Morgan fingerprint density at radius 2 is 1.25 bits per heavy atom. The fourth-order valence-corrected chi connectivity index (χ4v) is 4.21. The van der Waals surface area contributed by atoms with Crippen LogP contribution in [0.4, 0.5) is 0 Å². The van der Waals surface area contributed by atoms with Crippen molar-refractivity contribution in [3.63, 3.8) is 0 Å². The molecule has 2 heterocycles. The molecule has 0 aliphatic heterocycles. The maximum absolute atomic E-state index is 4.40. The molecule has 0 spiro atoms. The molecule has 6 nitrogen and oxygen atoms in total. The SMILES string of the molecule is Cc1cn(CCCNCc2ccccc2)c(C)n1.Cc1cnc(C)n1CCCNCc1ccccc1. The van der Waals surface area contributed by atoms with Gasteiger partial charge in [-0.25, -0.2) is 9.97 Å². The molecule has 0 saturated heterocycles. The Morgan fingerprint density at radius 3 is 1.72 bits per heavy atom. The van der Waals surface area contributed by atoms with Crippen molar-refractivity contribution in [2.75, 3.05) is 13.1 Å². The first-order chi connectivity index (χ1) is 17.5. The number of aryl methyl sites for hydroxylation is 5. The number of imidazole rings is 2. The molecule has 0 aliphatic carbocycles. The molecule has 0 fully saturated rings. The van der Waals surface area contributed by atoms with Crippen LogP contribution in [0.1, 0.15) is 47.0 Å². The summed E-state index contributed by atoms with van der Waals surface area (Å²) < 4.78 is 4.49. The van der Waals surface area contributed by atoms with E-state index < -0.39 is 0 Å². The summed E-state index contributed by atoms with van der Waals surface area (Å²) in [4.78, 5) is 8.71. The van der Waals surface area contributed by atoms with Gasteiger partial charge in [0.2, 0.25) is 0 Å². The third-order valence-corrected chi connectivity index (χ3v) is 6.18. The summed E-state index contributed by atoms with van der Waals surface area (Å²) in [6.07, 6.45) is 6.31. The minimum atomic E-state index is 0.947. The van der Waals surface area contributed by atoms with Gasteiger partial charge < -0.3 is 19.8 Å². The summed E-state index contributed by atoms with van der Waals surface area (Å²) in [5.74, 6) is 2.21. The molecule has 4 rings (SSSR count). The molecular formula is C30H42N6.